The first kappa shape index (κ1) is 24.4. The average molecular weight is 517 g/mol. The minimum absolute atomic E-state index is 0.0237. The maximum atomic E-state index is 13.8. The van der Waals surface area contributed by atoms with Gasteiger partial charge in [0.1, 0.15) is 16.3 Å². The summed E-state index contributed by atoms with van der Waals surface area (Å²) >= 11 is 0. The van der Waals surface area contributed by atoms with Gasteiger partial charge in [-0.25, -0.2) is 18.4 Å². The standard InChI is InChI=1S/C25H26F2N4O4S/c1-16-15-34-13-12-31(16)22-14-21(29-23(30-22)17-2-4-18(28)5-3-17)25(10-11-25)36(32,33)20-8-6-19(7-9-20)35-24(26)27/h2-9,14,16,24H,10-13,15,28H2,1H3/t16-/m0/s1. The molecule has 11 heteroatoms. The number of aromatic nitrogens is 2. The number of nitrogen functional groups attached to an aromatic ring is 1. The molecule has 1 saturated heterocycles. The summed E-state index contributed by atoms with van der Waals surface area (Å²) in [6, 6.07) is 13.9. The fourth-order valence-corrected chi connectivity index (χ4v) is 6.41. The van der Waals surface area contributed by atoms with E-state index < -0.39 is 21.2 Å². The molecule has 0 unspecified atom stereocenters. The van der Waals surface area contributed by atoms with Crippen LogP contribution >= 0.6 is 0 Å². The van der Waals surface area contributed by atoms with Gasteiger partial charge in [-0.05, 0) is 68.3 Å². The van der Waals surface area contributed by atoms with Crippen LogP contribution in [-0.4, -0.2) is 50.8 Å². The number of anilines is 2. The van der Waals surface area contributed by atoms with Gasteiger partial charge in [-0.2, -0.15) is 8.78 Å². The molecule has 3 aromatic rings. The second-order valence-electron chi connectivity index (χ2n) is 9.02. The summed E-state index contributed by atoms with van der Waals surface area (Å²) in [6.45, 7) is 0.724. The minimum Gasteiger partial charge on any atom is -0.435 e. The summed E-state index contributed by atoms with van der Waals surface area (Å²) in [6.07, 6.45) is 0.780. The molecule has 0 radical (unpaired) electrons. The molecule has 1 saturated carbocycles. The van der Waals surface area contributed by atoms with E-state index in [2.05, 4.69) is 9.64 Å². The van der Waals surface area contributed by atoms with Crippen LogP contribution in [0.4, 0.5) is 20.3 Å². The van der Waals surface area contributed by atoms with Crippen molar-refractivity contribution in [3.05, 3.63) is 60.3 Å². The van der Waals surface area contributed by atoms with Crippen molar-refractivity contribution in [2.75, 3.05) is 30.4 Å². The van der Waals surface area contributed by atoms with Crippen LogP contribution in [0.3, 0.4) is 0 Å². The first-order chi connectivity index (χ1) is 17.2. The molecule has 36 heavy (non-hydrogen) atoms. The van der Waals surface area contributed by atoms with Crippen LogP contribution in [0.5, 0.6) is 5.75 Å². The largest absolute Gasteiger partial charge is 0.435 e. The van der Waals surface area contributed by atoms with Crippen LogP contribution in [0.25, 0.3) is 11.4 Å². The number of rotatable bonds is 7. The number of ether oxygens (including phenoxy) is 2. The lowest BCUT2D eigenvalue weighted by molar-refractivity contribution is -0.0498. The third-order valence-electron chi connectivity index (χ3n) is 6.59. The number of alkyl halides is 2. The number of hydrogen-bond acceptors (Lipinski definition) is 8. The Hall–Kier alpha value is -3.31. The zero-order chi connectivity index (χ0) is 25.5. The molecule has 1 atom stereocenters. The van der Waals surface area contributed by atoms with Crippen molar-refractivity contribution in [3.63, 3.8) is 0 Å². The number of hydrogen-bond donors (Lipinski definition) is 1. The Morgan fingerprint density at radius 1 is 1.11 bits per heavy atom. The zero-order valence-corrected chi connectivity index (χ0v) is 20.4. The summed E-state index contributed by atoms with van der Waals surface area (Å²) in [4.78, 5) is 11.6. The maximum Gasteiger partial charge on any atom is 0.387 e. The predicted molar refractivity (Wildman–Crippen MR) is 131 cm³/mol. The van der Waals surface area contributed by atoms with Gasteiger partial charge in [0.25, 0.3) is 0 Å². The Morgan fingerprint density at radius 3 is 2.42 bits per heavy atom. The minimum atomic E-state index is -3.89. The molecule has 0 spiro atoms. The van der Waals surface area contributed by atoms with Crippen LogP contribution in [0, 0.1) is 0 Å². The van der Waals surface area contributed by atoms with Crippen LogP contribution in [-0.2, 0) is 19.3 Å². The SMILES string of the molecule is C[C@H]1COCCN1c1cc(C2(S(=O)(=O)c3ccc(OC(F)F)cc3)CC2)nc(-c2ccc(N)cc2)n1. The van der Waals surface area contributed by atoms with Gasteiger partial charge < -0.3 is 20.1 Å². The normalized spacial score (nSPS) is 19.3. The molecular weight excluding hydrogens is 490 g/mol. The Morgan fingerprint density at radius 2 is 1.81 bits per heavy atom. The molecule has 1 aliphatic heterocycles. The molecule has 0 amide bonds. The van der Waals surface area contributed by atoms with E-state index in [0.29, 0.717) is 55.6 Å². The van der Waals surface area contributed by atoms with Gasteiger partial charge in [0, 0.05) is 23.9 Å². The molecule has 2 fully saturated rings. The number of nitrogens with two attached hydrogens (primary N) is 1. The van der Waals surface area contributed by atoms with Crippen molar-refractivity contribution >= 4 is 21.3 Å². The molecule has 2 aliphatic rings. The number of sulfone groups is 1. The smallest absolute Gasteiger partial charge is 0.387 e. The lowest BCUT2D eigenvalue weighted by Gasteiger charge is -2.34. The first-order valence-corrected chi connectivity index (χ1v) is 13.1. The summed E-state index contributed by atoms with van der Waals surface area (Å²) in [7, 11) is -3.89. The van der Waals surface area contributed by atoms with Crippen LogP contribution in [0.15, 0.2) is 59.5 Å². The lowest BCUT2D eigenvalue weighted by atomic mass is 10.1. The van der Waals surface area contributed by atoms with Gasteiger partial charge in [0.05, 0.1) is 29.8 Å². The van der Waals surface area contributed by atoms with Crippen molar-refractivity contribution in [2.24, 2.45) is 0 Å². The number of benzene rings is 2. The van der Waals surface area contributed by atoms with E-state index in [-0.39, 0.29) is 16.7 Å². The van der Waals surface area contributed by atoms with Crippen molar-refractivity contribution < 1.29 is 26.7 Å². The van der Waals surface area contributed by atoms with Gasteiger partial charge in [-0.3, -0.25) is 0 Å². The van der Waals surface area contributed by atoms with Crippen LogP contribution in [0.1, 0.15) is 25.5 Å². The molecule has 2 aromatic carbocycles. The second-order valence-corrected chi connectivity index (χ2v) is 11.3. The fraction of sp³-hybridized carbons (Fsp3) is 0.360. The van der Waals surface area contributed by atoms with Crippen LogP contribution in [0.2, 0.25) is 0 Å². The summed E-state index contributed by atoms with van der Waals surface area (Å²) in [5, 5.41) is 0. The highest BCUT2D eigenvalue weighted by Gasteiger charge is 2.58. The highest BCUT2D eigenvalue weighted by atomic mass is 32.2. The van der Waals surface area contributed by atoms with E-state index in [1.165, 1.54) is 24.3 Å². The van der Waals surface area contributed by atoms with Crippen LogP contribution < -0.4 is 15.4 Å². The third kappa shape index (κ3) is 4.48. The topological polar surface area (TPSA) is 108 Å². The van der Waals surface area contributed by atoms with Gasteiger partial charge in [0.2, 0.25) is 0 Å². The predicted octanol–water partition coefficient (Wildman–Crippen LogP) is 4.02. The van der Waals surface area contributed by atoms with E-state index in [4.69, 9.17) is 20.4 Å². The Labute approximate surface area is 208 Å². The maximum absolute atomic E-state index is 13.8. The number of morpholine rings is 1. The number of nitrogens with zero attached hydrogens (tertiary/aromatic N) is 3. The fourth-order valence-electron chi connectivity index (χ4n) is 4.45. The van der Waals surface area contributed by atoms with E-state index >= 15 is 0 Å². The molecule has 190 valence electrons. The van der Waals surface area contributed by atoms with Gasteiger partial charge in [-0.1, -0.05) is 0 Å². The summed E-state index contributed by atoms with van der Waals surface area (Å²) in [5.74, 6) is 0.929. The molecule has 1 aliphatic carbocycles. The Kier molecular flexibility index (Phi) is 6.29. The molecule has 8 nitrogen and oxygen atoms in total. The first-order valence-electron chi connectivity index (χ1n) is 11.6. The molecular formula is C25H26F2N4O4S. The van der Waals surface area contributed by atoms with E-state index in [1.807, 2.05) is 6.92 Å². The van der Waals surface area contributed by atoms with Gasteiger partial charge >= 0.3 is 6.61 Å². The molecule has 5 rings (SSSR count). The van der Waals surface area contributed by atoms with Gasteiger partial charge in [-0.15, -0.1) is 0 Å². The molecule has 2 heterocycles. The lowest BCUT2D eigenvalue weighted by Crippen LogP contribution is -2.44. The quantitative estimate of drug-likeness (QED) is 0.470. The summed E-state index contributed by atoms with van der Waals surface area (Å²) < 4.78 is 61.3. The Balaban J connectivity index is 1.58. The molecule has 1 aromatic heterocycles. The van der Waals surface area contributed by atoms with E-state index in [0.717, 1.165) is 5.56 Å². The third-order valence-corrected chi connectivity index (χ3v) is 9.13. The second kappa shape index (κ2) is 9.29. The van der Waals surface area contributed by atoms with E-state index in [1.54, 1.807) is 30.3 Å². The van der Waals surface area contributed by atoms with Crippen molar-refractivity contribution in [2.45, 2.75) is 42.1 Å². The van der Waals surface area contributed by atoms with Crippen molar-refractivity contribution in [1.29, 1.82) is 0 Å². The van der Waals surface area contributed by atoms with Crippen molar-refractivity contribution in [3.8, 4) is 17.1 Å². The average Bonchev–Trinajstić information content (AvgIpc) is 3.67. The monoisotopic (exact) mass is 516 g/mol. The Bertz CT molecular complexity index is 1350. The highest BCUT2D eigenvalue weighted by molar-refractivity contribution is 7.92. The van der Waals surface area contributed by atoms with Gasteiger partial charge in [0.15, 0.2) is 15.7 Å². The highest BCUT2D eigenvalue weighted by Crippen LogP contribution is 2.55. The zero-order valence-electron chi connectivity index (χ0n) is 19.6. The van der Waals surface area contributed by atoms with E-state index in [9.17, 15) is 17.2 Å². The summed E-state index contributed by atoms with van der Waals surface area (Å²) in [5.41, 5.74) is 7.57. The molecule has 2 N–H and O–H groups in total. The molecule has 0 bridgehead atoms. The number of halogens is 2. The van der Waals surface area contributed by atoms with Crippen molar-refractivity contribution in [1.82, 2.24) is 9.97 Å².